The Bertz CT molecular complexity index is 175. The van der Waals surface area contributed by atoms with Crippen molar-refractivity contribution < 1.29 is 5.11 Å². The highest BCUT2D eigenvalue weighted by atomic mass is 32.2. The third kappa shape index (κ3) is 2.36. The Morgan fingerprint density at radius 3 is 3.20 bits per heavy atom. The Kier molecular flexibility index (Phi) is 2.70. The van der Waals surface area contributed by atoms with Gasteiger partial charge in [-0.1, -0.05) is 11.8 Å². The van der Waals surface area contributed by atoms with E-state index in [9.17, 15) is 0 Å². The Morgan fingerprint density at radius 2 is 2.70 bits per heavy atom. The fraction of sp³-hybridized carbons (Fsp3) is 0.600. The Hall–Kier alpha value is -0.550. The van der Waals surface area contributed by atoms with Crippen LogP contribution in [0.2, 0.25) is 0 Å². The van der Waals surface area contributed by atoms with Crippen LogP contribution in [0, 0.1) is 0 Å². The molecule has 0 aliphatic rings. The quantitative estimate of drug-likeness (QED) is 0.622. The second kappa shape index (κ2) is 3.58. The van der Waals surface area contributed by atoms with Crippen LogP contribution in [0.4, 0.5) is 0 Å². The van der Waals surface area contributed by atoms with E-state index in [0.717, 1.165) is 5.16 Å². The highest BCUT2D eigenvalue weighted by Crippen LogP contribution is 2.11. The van der Waals surface area contributed by atoms with Gasteiger partial charge >= 0.3 is 0 Å². The molecule has 0 aliphatic heterocycles. The molecule has 0 amide bonds. The zero-order valence-corrected chi connectivity index (χ0v) is 6.43. The largest absolute Gasteiger partial charge is 0.393 e. The summed E-state index contributed by atoms with van der Waals surface area (Å²) in [5.74, 6) is 0.648. The van der Waals surface area contributed by atoms with Crippen molar-refractivity contribution in [3.63, 3.8) is 0 Å². The monoisotopic (exact) mass is 159 g/mol. The Labute approximate surface area is 63.1 Å². The lowest BCUT2D eigenvalue weighted by molar-refractivity contribution is 0.220. The van der Waals surface area contributed by atoms with Crippen molar-refractivity contribution in [3.05, 3.63) is 6.33 Å². The molecule has 56 valence electrons. The molecule has 0 radical (unpaired) electrons. The molecule has 10 heavy (non-hydrogen) atoms. The first-order valence-electron chi connectivity index (χ1n) is 2.95. The maximum absolute atomic E-state index is 8.87. The third-order valence-electron chi connectivity index (χ3n) is 0.854. The molecule has 0 fully saturated rings. The number of H-pyrrole nitrogens is 1. The van der Waals surface area contributed by atoms with E-state index in [1.807, 2.05) is 0 Å². The summed E-state index contributed by atoms with van der Waals surface area (Å²) >= 11 is 1.46. The van der Waals surface area contributed by atoms with Crippen molar-refractivity contribution in [2.45, 2.75) is 18.2 Å². The van der Waals surface area contributed by atoms with Gasteiger partial charge in [-0.05, 0) is 6.92 Å². The number of rotatable bonds is 3. The van der Waals surface area contributed by atoms with E-state index in [-0.39, 0.29) is 6.10 Å². The van der Waals surface area contributed by atoms with Crippen LogP contribution in [-0.2, 0) is 0 Å². The van der Waals surface area contributed by atoms with Crippen LogP contribution in [-0.4, -0.2) is 32.1 Å². The number of nitrogens with one attached hydrogen (secondary N) is 1. The van der Waals surface area contributed by atoms with E-state index in [1.165, 1.54) is 18.1 Å². The minimum absolute atomic E-state index is 0.296. The van der Waals surface area contributed by atoms with Crippen LogP contribution in [0.5, 0.6) is 0 Å². The molecule has 0 aromatic carbocycles. The molecular weight excluding hydrogens is 150 g/mol. The number of aliphatic hydroxyl groups excluding tert-OH is 1. The number of hydrogen-bond acceptors (Lipinski definition) is 4. The van der Waals surface area contributed by atoms with Gasteiger partial charge in [0.1, 0.15) is 6.33 Å². The first-order valence-corrected chi connectivity index (χ1v) is 3.94. The maximum atomic E-state index is 8.87. The minimum atomic E-state index is -0.296. The van der Waals surface area contributed by atoms with Gasteiger partial charge in [-0.3, -0.25) is 5.10 Å². The molecule has 0 saturated heterocycles. The topological polar surface area (TPSA) is 61.8 Å². The maximum Gasteiger partial charge on any atom is 0.183 e. The molecule has 1 heterocycles. The zero-order valence-electron chi connectivity index (χ0n) is 5.61. The van der Waals surface area contributed by atoms with Crippen LogP contribution in [0.1, 0.15) is 6.92 Å². The average molecular weight is 159 g/mol. The first-order chi connectivity index (χ1) is 4.79. The predicted octanol–water partition coefficient (Wildman–Crippen LogP) is 0.278. The predicted molar refractivity (Wildman–Crippen MR) is 38.8 cm³/mol. The molecule has 1 aromatic heterocycles. The number of thioether (sulfide) groups is 1. The van der Waals surface area contributed by atoms with Crippen molar-refractivity contribution in [2.24, 2.45) is 0 Å². The number of aromatic nitrogens is 3. The second-order valence-electron chi connectivity index (χ2n) is 1.95. The van der Waals surface area contributed by atoms with E-state index in [0.29, 0.717) is 5.75 Å². The number of aromatic amines is 1. The highest BCUT2D eigenvalue weighted by Gasteiger charge is 1.99. The van der Waals surface area contributed by atoms with Gasteiger partial charge in [0.25, 0.3) is 0 Å². The molecule has 0 spiro atoms. The van der Waals surface area contributed by atoms with Crippen LogP contribution in [0.3, 0.4) is 0 Å². The molecule has 0 saturated carbocycles. The fourth-order valence-corrected chi connectivity index (χ4v) is 1.10. The highest BCUT2D eigenvalue weighted by molar-refractivity contribution is 7.99. The zero-order chi connectivity index (χ0) is 7.40. The normalized spacial score (nSPS) is 13.4. The van der Waals surface area contributed by atoms with Crippen molar-refractivity contribution in [3.8, 4) is 0 Å². The first kappa shape index (κ1) is 7.56. The van der Waals surface area contributed by atoms with Crippen LogP contribution in [0.15, 0.2) is 11.5 Å². The van der Waals surface area contributed by atoms with Crippen molar-refractivity contribution in [2.75, 3.05) is 5.75 Å². The minimum Gasteiger partial charge on any atom is -0.393 e. The molecule has 1 rings (SSSR count). The van der Waals surface area contributed by atoms with Gasteiger partial charge in [-0.2, -0.15) is 5.10 Å². The summed E-state index contributed by atoms with van der Waals surface area (Å²) in [6.07, 6.45) is 1.15. The van der Waals surface area contributed by atoms with E-state index < -0.39 is 0 Å². The average Bonchev–Trinajstić information content (AvgIpc) is 2.34. The Morgan fingerprint density at radius 1 is 1.90 bits per heavy atom. The molecular formula is C5H9N3OS. The van der Waals surface area contributed by atoms with E-state index in [4.69, 9.17) is 5.11 Å². The summed E-state index contributed by atoms with van der Waals surface area (Å²) in [4.78, 5) is 3.87. The third-order valence-corrected chi connectivity index (χ3v) is 1.97. The molecule has 1 aromatic rings. The molecule has 1 atom stereocenters. The molecule has 1 unspecified atom stereocenters. The standard InChI is InChI=1S/C5H9N3OS/c1-4(9)2-10-5-6-3-7-8-5/h3-4,9H,2H2,1H3,(H,6,7,8). The SMILES string of the molecule is CC(O)CSc1ncn[nH]1. The molecule has 5 heteroatoms. The lowest BCUT2D eigenvalue weighted by Gasteiger charge is -1.98. The summed E-state index contributed by atoms with van der Waals surface area (Å²) in [6.45, 7) is 1.74. The van der Waals surface area contributed by atoms with Gasteiger partial charge in [0.2, 0.25) is 0 Å². The summed E-state index contributed by atoms with van der Waals surface area (Å²) in [5, 5.41) is 16.0. The van der Waals surface area contributed by atoms with Crippen molar-refractivity contribution in [1.82, 2.24) is 15.2 Å². The lowest BCUT2D eigenvalue weighted by atomic mass is 10.5. The second-order valence-corrected chi connectivity index (χ2v) is 2.96. The van der Waals surface area contributed by atoms with Gasteiger partial charge < -0.3 is 5.11 Å². The van der Waals surface area contributed by atoms with Gasteiger partial charge in [0.05, 0.1) is 6.10 Å². The van der Waals surface area contributed by atoms with Gasteiger partial charge in [0.15, 0.2) is 5.16 Å². The molecule has 2 N–H and O–H groups in total. The smallest absolute Gasteiger partial charge is 0.183 e. The van der Waals surface area contributed by atoms with E-state index >= 15 is 0 Å². The summed E-state index contributed by atoms with van der Waals surface area (Å²) in [7, 11) is 0. The Balaban J connectivity index is 2.28. The number of aliphatic hydroxyl groups is 1. The molecule has 0 bridgehead atoms. The van der Waals surface area contributed by atoms with Gasteiger partial charge in [-0.25, -0.2) is 4.98 Å². The number of nitrogens with zero attached hydrogens (tertiary/aromatic N) is 2. The lowest BCUT2D eigenvalue weighted by Crippen LogP contribution is -2.02. The summed E-state index contributed by atoms with van der Waals surface area (Å²) in [5.41, 5.74) is 0. The summed E-state index contributed by atoms with van der Waals surface area (Å²) < 4.78 is 0. The molecule has 0 aliphatic carbocycles. The van der Waals surface area contributed by atoms with Crippen LogP contribution >= 0.6 is 11.8 Å². The van der Waals surface area contributed by atoms with Crippen LogP contribution in [0.25, 0.3) is 0 Å². The van der Waals surface area contributed by atoms with E-state index in [1.54, 1.807) is 6.92 Å². The fourth-order valence-electron chi connectivity index (χ4n) is 0.463. The van der Waals surface area contributed by atoms with Gasteiger partial charge in [-0.15, -0.1) is 0 Å². The summed E-state index contributed by atoms with van der Waals surface area (Å²) in [6, 6.07) is 0. The van der Waals surface area contributed by atoms with Crippen molar-refractivity contribution in [1.29, 1.82) is 0 Å². The van der Waals surface area contributed by atoms with E-state index in [2.05, 4.69) is 15.2 Å². The molecule has 4 nitrogen and oxygen atoms in total. The van der Waals surface area contributed by atoms with Crippen molar-refractivity contribution >= 4 is 11.8 Å². The van der Waals surface area contributed by atoms with Crippen LogP contribution < -0.4 is 0 Å². The van der Waals surface area contributed by atoms with Gasteiger partial charge in [0, 0.05) is 5.75 Å². The number of hydrogen-bond donors (Lipinski definition) is 2.